The third-order valence-corrected chi connectivity index (χ3v) is 4.47. The van der Waals surface area contributed by atoms with Gasteiger partial charge in [0.1, 0.15) is 6.17 Å². The number of allylic oxidation sites excluding steroid dienone is 1. The summed E-state index contributed by atoms with van der Waals surface area (Å²) >= 11 is 0. The zero-order valence-electron chi connectivity index (χ0n) is 20.4. The van der Waals surface area contributed by atoms with Gasteiger partial charge in [-0.1, -0.05) is 86.9 Å². The SMILES string of the molecule is C=C(C)c1ccc(C)c(N=CC)c1.CCCC(F)CC(C)C.Cc1cccc(C)c1. The summed E-state index contributed by atoms with van der Waals surface area (Å²) in [5, 5.41) is 0. The van der Waals surface area contributed by atoms with Crippen LogP contribution < -0.4 is 0 Å². The topological polar surface area (TPSA) is 12.4 Å². The van der Waals surface area contributed by atoms with Gasteiger partial charge >= 0.3 is 0 Å². The van der Waals surface area contributed by atoms with E-state index in [9.17, 15) is 4.39 Å². The minimum atomic E-state index is -0.560. The number of hydrogen-bond acceptors (Lipinski definition) is 1. The van der Waals surface area contributed by atoms with Crippen molar-refractivity contribution in [3.8, 4) is 0 Å². The number of alkyl halides is 1. The molecule has 0 amide bonds. The molecule has 0 saturated carbocycles. The molecule has 0 aliphatic rings. The first-order valence-electron chi connectivity index (χ1n) is 11.0. The fourth-order valence-electron chi connectivity index (χ4n) is 2.90. The second kappa shape index (κ2) is 15.6. The monoisotopic (exact) mass is 411 g/mol. The van der Waals surface area contributed by atoms with Crippen molar-refractivity contribution in [2.45, 2.75) is 80.8 Å². The summed E-state index contributed by atoms with van der Waals surface area (Å²) in [6, 6.07) is 14.7. The summed E-state index contributed by atoms with van der Waals surface area (Å²) in [4.78, 5) is 4.28. The molecule has 0 radical (unpaired) electrons. The van der Waals surface area contributed by atoms with Crippen LogP contribution in [0.3, 0.4) is 0 Å². The first-order valence-corrected chi connectivity index (χ1v) is 11.0. The number of aliphatic imine (C=N–C) groups is 1. The van der Waals surface area contributed by atoms with E-state index in [1.807, 2.05) is 27.0 Å². The normalized spacial score (nSPS) is 11.4. The highest BCUT2D eigenvalue weighted by molar-refractivity contribution is 5.69. The van der Waals surface area contributed by atoms with E-state index in [1.165, 1.54) is 16.7 Å². The van der Waals surface area contributed by atoms with Crippen LogP contribution in [0.2, 0.25) is 0 Å². The summed E-state index contributed by atoms with van der Waals surface area (Å²) < 4.78 is 12.7. The Labute approximate surface area is 185 Å². The first-order chi connectivity index (χ1) is 14.1. The molecule has 0 fully saturated rings. The zero-order chi connectivity index (χ0) is 23.1. The summed E-state index contributed by atoms with van der Waals surface area (Å²) in [6.45, 7) is 20.2. The van der Waals surface area contributed by atoms with E-state index < -0.39 is 6.17 Å². The quantitative estimate of drug-likeness (QED) is 0.420. The number of halogens is 1. The van der Waals surface area contributed by atoms with Gasteiger partial charge in [-0.15, -0.1) is 0 Å². The Kier molecular flexibility index (Phi) is 14.4. The first kappa shape index (κ1) is 27.8. The third-order valence-electron chi connectivity index (χ3n) is 4.47. The molecule has 1 nitrogen and oxygen atoms in total. The van der Waals surface area contributed by atoms with Gasteiger partial charge in [0.15, 0.2) is 0 Å². The van der Waals surface area contributed by atoms with Crippen molar-refractivity contribution in [2.24, 2.45) is 10.9 Å². The van der Waals surface area contributed by atoms with E-state index >= 15 is 0 Å². The van der Waals surface area contributed by atoms with E-state index in [1.54, 1.807) is 0 Å². The maximum Gasteiger partial charge on any atom is 0.100 e. The van der Waals surface area contributed by atoms with Gasteiger partial charge in [0.25, 0.3) is 0 Å². The second-order valence-electron chi connectivity index (χ2n) is 8.34. The van der Waals surface area contributed by atoms with Gasteiger partial charge in [0.05, 0.1) is 5.69 Å². The summed E-state index contributed by atoms with van der Waals surface area (Å²) in [5.74, 6) is 0.506. The molecule has 2 aromatic carbocycles. The molecule has 166 valence electrons. The average molecular weight is 412 g/mol. The molecule has 0 aromatic heterocycles. The molecule has 2 aromatic rings. The summed E-state index contributed by atoms with van der Waals surface area (Å²) in [7, 11) is 0. The van der Waals surface area contributed by atoms with Crippen LogP contribution in [0.5, 0.6) is 0 Å². The lowest BCUT2D eigenvalue weighted by atomic mass is 10.0. The molecule has 2 rings (SSSR count). The van der Waals surface area contributed by atoms with Crippen molar-refractivity contribution in [3.05, 3.63) is 71.3 Å². The molecule has 30 heavy (non-hydrogen) atoms. The summed E-state index contributed by atoms with van der Waals surface area (Å²) in [5.41, 5.74) is 7.14. The Hall–Kier alpha value is -2.22. The molecule has 1 atom stereocenters. The van der Waals surface area contributed by atoms with E-state index in [-0.39, 0.29) is 0 Å². The van der Waals surface area contributed by atoms with Crippen molar-refractivity contribution in [2.75, 3.05) is 0 Å². The van der Waals surface area contributed by atoms with Crippen LogP contribution >= 0.6 is 0 Å². The van der Waals surface area contributed by atoms with Crippen LogP contribution in [-0.2, 0) is 0 Å². The molecule has 2 heteroatoms. The van der Waals surface area contributed by atoms with Gasteiger partial charge in [-0.3, -0.25) is 4.99 Å². The molecule has 0 N–H and O–H groups in total. The Morgan fingerprint density at radius 2 is 1.67 bits per heavy atom. The number of benzene rings is 2. The lowest BCUT2D eigenvalue weighted by molar-refractivity contribution is 0.265. The predicted octanol–water partition coefficient (Wildman–Crippen LogP) is 9.22. The number of hydrogen-bond donors (Lipinski definition) is 0. The van der Waals surface area contributed by atoms with Crippen LogP contribution in [0.4, 0.5) is 10.1 Å². The Bertz CT molecular complexity index is 757. The molecular weight excluding hydrogens is 369 g/mol. The molecule has 0 aliphatic carbocycles. The van der Waals surface area contributed by atoms with Crippen molar-refractivity contribution in [1.82, 2.24) is 0 Å². The minimum Gasteiger partial charge on any atom is -0.261 e. The van der Waals surface area contributed by atoms with Crippen molar-refractivity contribution in [1.29, 1.82) is 0 Å². The highest BCUT2D eigenvalue weighted by atomic mass is 19.1. The molecule has 0 aliphatic heterocycles. The predicted molar refractivity (Wildman–Crippen MR) is 135 cm³/mol. The highest BCUT2D eigenvalue weighted by Crippen LogP contribution is 2.23. The van der Waals surface area contributed by atoms with E-state index in [4.69, 9.17) is 0 Å². The third kappa shape index (κ3) is 13.1. The lowest BCUT2D eigenvalue weighted by Crippen LogP contribution is -2.03. The molecule has 0 saturated heterocycles. The van der Waals surface area contributed by atoms with Crippen LogP contribution in [0.15, 0.2) is 54.0 Å². The van der Waals surface area contributed by atoms with E-state index in [0.717, 1.165) is 36.1 Å². The van der Waals surface area contributed by atoms with Gasteiger partial charge in [-0.2, -0.15) is 0 Å². The lowest BCUT2D eigenvalue weighted by Gasteiger charge is -2.07. The maximum atomic E-state index is 12.7. The Morgan fingerprint density at radius 3 is 2.07 bits per heavy atom. The van der Waals surface area contributed by atoms with E-state index in [0.29, 0.717) is 5.92 Å². The Morgan fingerprint density at radius 1 is 1.07 bits per heavy atom. The molecule has 0 bridgehead atoms. The number of aryl methyl sites for hydroxylation is 3. The van der Waals surface area contributed by atoms with Crippen LogP contribution in [0.25, 0.3) is 5.57 Å². The molecular formula is C28H42FN. The van der Waals surface area contributed by atoms with Gasteiger partial charge in [-0.05, 0) is 70.6 Å². The fraction of sp³-hybridized carbons (Fsp3) is 0.464. The fourth-order valence-corrected chi connectivity index (χ4v) is 2.90. The smallest absolute Gasteiger partial charge is 0.100 e. The van der Waals surface area contributed by atoms with E-state index in [2.05, 4.69) is 88.7 Å². The van der Waals surface area contributed by atoms with Crippen LogP contribution in [-0.4, -0.2) is 12.4 Å². The standard InChI is InChI=1S/C12H15N.C8H17F.C8H10/c1-5-13-12-8-11(9(2)3)7-6-10(12)4;1-4-5-8(9)6-7(2)3;1-7-4-3-5-8(2)6-7/h5-8H,2H2,1,3-4H3;7-8H,4-6H2,1-3H3;3-6H,1-2H3. The van der Waals surface area contributed by atoms with Gasteiger partial charge in [0, 0.05) is 6.21 Å². The van der Waals surface area contributed by atoms with Crippen LogP contribution in [0, 0.1) is 26.7 Å². The van der Waals surface area contributed by atoms with Gasteiger partial charge in [-0.25, -0.2) is 4.39 Å². The van der Waals surface area contributed by atoms with Crippen molar-refractivity contribution in [3.63, 3.8) is 0 Å². The summed E-state index contributed by atoms with van der Waals surface area (Å²) in [6.07, 6.45) is 3.68. The molecule has 0 spiro atoms. The largest absolute Gasteiger partial charge is 0.261 e. The average Bonchev–Trinajstić information content (AvgIpc) is 2.64. The van der Waals surface area contributed by atoms with Gasteiger partial charge in [0.2, 0.25) is 0 Å². The minimum absolute atomic E-state index is 0.506. The number of nitrogens with zero attached hydrogens (tertiary/aromatic N) is 1. The highest BCUT2D eigenvalue weighted by Gasteiger charge is 2.06. The zero-order valence-corrected chi connectivity index (χ0v) is 20.4. The van der Waals surface area contributed by atoms with Crippen LogP contribution in [0.1, 0.15) is 76.1 Å². The maximum absolute atomic E-state index is 12.7. The Balaban J connectivity index is 0.000000438. The molecule has 0 heterocycles. The second-order valence-corrected chi connectivity index (χ2v) is 8.34. The van der Waals surface area contributed by atoms with Crippen molar-refractivity contribution < 1.29 is 4.39 Å². The van der Waals surface area contributed by atoms with Gasteiger partial charge < -0.3 is 0 Å². The molecule has 1 unspecified atom stereocenters. The van der Waals surface area contributed by atoms with Crippen molar-refractivity contribution >= 4 is 17.5 Å². The number of rotatable bonds is 6.